The van der Waals surface area contributed by atoms with Gasteiger partial charge in [0.25, 0.3) is 5.91 Å². The summed E-state index contributed by atoms with van der Waals surface area (Å²) in [6.07, 6.45) is 3.99. The number of carbonyl (C=O) groups excluding carboxylic acids is 1. The van der Waals surface area contributed by atoms with Gasteiger partial charge in [0.1, 0.15) is 11.7 Å². The summed E-state index contributed by atoms with van der Waals surface area (Å²) in [4.78, 5) is 22.6. The van der Waals surface area contributed by atoms with Gasteiger partial charge >= 0.3 is 5.97 Å². The lowest BCUT2D eigenvalue weighted by molar-refractivity contribution is -0.138. The number of carbonyl (C=O) groups is 2. The van der Waals surface area contributed by atoms with Gasteiger partial charge in [0.05, 0.1) is 0 Å². The van der Waals surface area contributed by atoms with Crippen molar-refractivity contribution in [3.63, 3.8) is 0 Å². The zero-order valence-corrected chi connectivity index (χ0v) is 10.9. The number of hydrogen-bond acceptors (Lipinski definition) is 2. The number of nitrogens with zero attached hydrogens (tertiary/aromatic N) is 1. The molecule has 2 rings (SSSR count). The van der Waals surface area contributed by atoms with Gasteiger partial charge < -0.3 is 15.0 Å². The fourth-order valence-corrected chi connectivity index (χ4v) is 2.05. The van der Waals surface area contributed by atoms with Crippen molar-refractivity contribution in [3.8, 4) is 0 Å². The van der Waals surface area contributed by atoms with E-state index in [1.165, 1.54) is 6.92 Å². The van der Waals surface area contributed by atoms with E-state index in [-0.39, 0.29) is 5.91 Å². The molecule has 0 aliphatic heterocycles. The van der Waals surface area contributed by atoms with Crippen LogP contribution in [0.4, 0.5) is 0 Å². The Labute approximate surface area is 107 Å². The number of amides is 1. The summed E-state index contributed by atoms with van der Waals surface area (Å²) in [6, 6.07) is 1.20. The molecule has 0 spiro atoms. The zero-order valence-electron chi connectivity index (χ0n) is 9.31. The lowest BCUT2D eigenvalue weighted by atomic mass is 10.3. The monoisotopic (exact) mass is 300 g/mol. The maximum absolute atomic E-state index is 11.9. The van der Waals surface area contributed by atoms with Crippen LogP contribution in [0.2, 0.25) is 0 Å². The number of rotatable bonds is 4. The van der Waals surface area contributed by atoms with Crippen molar-refractivity contribution in [1.82, 2.24) is 9.88 Å². The van der Waals surface area contributed by atoms with E-state index in [4.69, 9.17) is 5.11 Å². The molecule has 0 aromatic carbocycles. The average Bonchev–Trinajstić information content (AvgIpc) is 3.01. The summed E-state index contributed by atoms with van der Waals surface area (Å²) in [6.45, 7) is 1.44. The molecule has 0 radical (unpaired) electrons. The molecule has 2 N–H and O–H groups in total. The highest BCUT2D eigenvalue weighted by atomic mass is 79.9. The van der Waals surface area contributed by atoms with Crippen molar-refractivity contribution in [2.24, 2.45) is 0 Å². The van der Waals surface area contributed by atoms with Gasteiger partial charge in [-0.15, -0.1) is 0 Å². The second-order valence-corrected chi connectivity index (χ2v) is 5.13. The first kappa shape index (κ1) is 12.2. The maximum Gasteiger partial charge on any atom is 0.325 e. The largest absolute Gasteiger partial charge is 0.480 e. The van der Waals surface area contributed by atoms with E-state index in [1.807, 2.05) is 10.8 Å². The molecule has 1 fully saturated rings. The Morgan fingerprint density at radius 1 is 1.59 bits per heavy atom. The number of aromatic nitrogens is 1. The Bertz CT molecular complexity index is 465. The van der Waals surface area contributed by atoms with Gasteiger partial charge in [-0.1, -0.05) is 0 Å². The molecular weight excluding hydrogens is 288 g/mol. The third kappa shape index (κ3) is 2.69. The Hall–Kier alpha value is -1.30. The first-order chi connectivity index (χ1) is 7.99. The minimum absolute atomic E-state index is 0.350. The highest BCUT2D eigenvalue weighted by Crippen LogP contribution is 2.37. The van der Waals surface area contributed by atoms with E-state index in [2.05, 4.69) is 21.2 Å². The van der Waals surface area contributed by atoms with Gasteiger partial charge in [0.15, 0.2) is 0 Å². The van der Waals surface area contributed by atoms with Gasteiger partial charge in [0, 0.05) is 16.7 Å². The predicted octanol–water partition coefficient (Wildman–Crippen LogP) is 1.79. The molecule has 1 heterocycles. The SMILES string of the molecule is C[C@H](NC(=O)c1cc(Br)cn1C1CC1)C(=O)O. The van der Waals surface area contributed by atoms with Crippen molar-refractivity contribution >= 4 is 27.8 Å². The fraction of sp³-hybridized carbons (Fsp3) is 0.455. The molecule has 6 heteroatoms. The standard InChI is InChI=1S/C11H13BrN2O3/c1-6(11(16)17)13-10(15)9-4-7(12)5-14(9)8-2-3-8/h4-6,8H,2-3H2,1H3,(H,13,15)(H,16,17)/t6-/m0/s1. The van der Waals surface area contributed by atoms with E-state index in [9.17, 15) is 9.59 Å². The molecule has 1 atom stereocenters. The second kappa shape index (κ2) is 4.52. The summed E-state index contributed by atoms with van der Waals surface area (Å²) in [7, 11) is 0. The van der Waals surface area contributed by atoms with Crippen LogP contribution in [0.25, 0.3) is 0 Å². The first-order valence-corrected chi connectivity index (χ1v) is 6.19. The summed E-state index contributed by atoms with van der Waals surface area (Å²) in [5.41, 5.74) is 0.507. The van der Waals surface area contributed by atoms with Crippen LogP contribution in [0.3, 0.4) is 0 Å². The molecule has 1 amide bonds. The molecule has 0 unspecified atom stereocenters. The Morgan fingerprint density at radius 3 is 2.76 bits per heavy atom. The molecule has 0 saturated heterocycles. The molecule has 1 aliphatic rings. The Morgan fingerprint density at radius 2 is 2.24 bits per heavy atom. The minimum atomic E-state index is -1.04. The smallest absolute Gasteiger partial charge is 0.325 e. The molecule has 0 bridgehead atoms. The van der Waals surface area contributed by atoms with Gasteiger partial charge in [0.2, 0.25) is 0 Å². The molecule has 1 aromatic heterocycles. The number of nitrogens with one attached hydrogen (secondary N) is 1. The van der Waals surface area contributed by atoms with Gasteiger partial charge in [-0.3, -0.25) is 9.59 Å². The van der Waals surface area contributed by atoms with Crippen LogP contribution in [0.5, 0.6) is 0 Å². The van der Waals surface area contributed by atoms with Crippen LogP contribution >= 0.6 is 15.9 Å². The van der Waals surface area contributed by atoms with Crippen LogP contribution in [0, 0.1) is 0 Å². The van der Waals surface area contributed by atoms with Gasteiger partial charge in [-0.25, -0.2) is 0 Å². The number of halogens is 1. The topological polar surface area (TPSA) is 71.3 Å². The van der Waals surface area contributed by atoms with E-state index >= 15 is 0 Å². The number of carboxylic acids is 1. The molecule has 1 saturated carbocycles. The molecule has 1 aliphatic carbocycles. The van der Waals surface area contributed by atoms with Crippen LogP contribution in [0.1, 0.15) is 36.3 Å². The third-order valence-electron chi connectivity index (χ3n) is 2.71. The average molecular weight is 301 g/mol. The van der Waals surface area contributed by atoms with Crippen LogP contribution in [0.15, 0.2) is 16.7 Å². The zero-order chi connectivity index (χ0) is 12.6. The number of aliphatic carboxylic acids is 1. The number of carboxylic acid groups (broad SMARTS) is 1. The minimum Gasteiger partial charge on any atom is -0.480 e. The first-order valence-electron chi connectivity index (χ1n) is 5.40. The van der Waals surface area contributed by atoms with Gasteiger partial charge in [-0.2, -0.15) is 0 Å². The fourth-order valence-electron chi connectivity index (χ4n) is 1.61. The normalized spacial score (nSPS) is 16.6. The van der Waals surface area contributed by atoms with Crippen molar-refractivity contribution in [2.45, 2.75) is 31.8 Å². The van der Waals surface area contributed by atoms with Crippen molar-refractivity contribution in [3.05, 3.63) is 22.4 Å². The Balaban J connectivity index is 2.15. The molecular formula is C11H13BrN2O3. The second-order valence-electron chi connectivity index (χ2n) is 4.22. The molecule has 5 nitrogen and oxygen atoms in total. The van der Waals surface area contributed by atoms with E-state index < -0.39 is 12.0 Å². The molecule has 1 aromatic rings. The molecule has 92 valence electrons. The van der Waals surface area contributed by atoms with Crippen molar-refractivity contribution < 1.29 is 14.7 Å². The van der Waals surface area contributed by atoms with Crippen molar-refractivity contribution in [1.29, 1.82) is 0 Å². The third-order valence-corrected chi connectivity index (χ3v) is 3.14. The lowest BCUT2D eigenvalue weighted by Crippen LogP contribution is -2.39. The predicted molar refractivity (Wildman–Crippen MR) is 65.0 cm³/mol. The summed E-state index contributed by atoms with van der Waals surface area (Å²) in [5.74, 6) is -1.39. The quantitative estimate of drug-likeness (QED) is 0.890. The van der Waals surface area contributed by atoms with E-state index in [0.29, 0.717) is 11.7 Å². The van der Waals surface area contributed by atoms with Gasteiger partial charge in [-0.05, 0) is 41.8 Å². The lowest BCUT2D eigenvalue weighted by Gasteiger charge is -2.11. The summed E-state index contributed by atoms with van der Waals surface area (Å²) < 4.78 is 2.73. The summed E-state index contributed by atoms with van der Waals surface area (Å²) >= 11 is 3.33. The van der Waals surface area contributed by atoms with E-state index in [1.54, 1.807) is 6.07 Å². The van der Waals surface area contributed by atoms with Crippen LogP contribution in [-0.4, -0.2) is 27.6 Å². The summed E-state index contributed by atoms with van der Waals surface area (Å²) in [5, 5.41) is 11.2. The highest BCUT2D eigenvalue weighted by molar-refractivity contribution is 9.10. The van der Waals surface area contributed by atoms with Crippen LogP contribution in [-0.2, 0) is 4.79 Å². The van der Waals surface area contributed by atoms with E-state index in [0.717, 1.165) is 17.3 Å². The Kier molecular flexibility index (Phi) is 3.24. The van der Waals surface area contributed by atoms with Crippen LogP contribution < -0.4 is 5.32 Å². The highest BCUT2D eigenvalue weighted by Gasteiger charge is 2.28. The maximum atomic E-state index is 11.9. The molecule has 17 heavy (non-hydrogen) atoms. The van der Waals surface area contributed by atoms with Crippen molar-refractivity contribution in [2.75, 3.05) is 0 Å². The number of hydrogen-bond donors (Lipinski definition) is 2.